The Morgan fingerprint density at radius 2 is 1.31 bits per heavy atom. The lowest BCUT2D eigenvalue weighted by Crippen LogP contribution is -2.29. The van der Waals surface area contributed by atoms with E-state index >= 15 is 0 Å². The maximum Gasteiger partial charge on any atom is 0.338 e. The Balaban J connectivity index is 1.52. The van der Waals surface area contributed by atoms with Crippen LogP contribution in [-0.4, -0.2) is 42.7 Å². The number of nitrogens with zero attached hydrogens (tertiary/aromatic N) is 1. The van der Waals surface area contributed by atoms with Crippen molar-refractivity contribution in [2.24, 2.45) is 0 Å². The van der Waals surface area contributed by atoms with E-state index in [9.17, 15) is 24.0 Å². The Labute approximate surface area is 201 Å². The van der Waals surface area contributed by atoms with Crippen molar-refractivity contribution in [3.63, 3.8) is 0 Å². The lowest BCUT2D eigenvalue weighted by Gasteiger charge is -2.14. The third-order valence-electron chi connectivity index (χ3n) is 5.66. The number of methoxy groups -OCH3 is 1. The van der Waals surface area contributed by atoms with Crippen LogP contribution >= 0.6 is 0 Å². The van der Waals surface area contributed by atoms with Crippen molar-refractivity contribution in [3.8, 4) is 0 Å². The maximum absolute atomic E-state index is 13.0. The zero-order chi connectivity index (χ0) is 25.3. The van der Waals surface area contributed by atoms with Gasteiger partial charge in [-0.1, -0.05) is 29.8 Å². The average Bonchev–Trinajstić information content (AvgIpc) is 3.12. The van der Waals surface area contributed by atoms with Crippen molar-refractivity contribution in [2.45, 2.75) is 20.0 Å². The molecular weight excluding hydrogens is 450 g/mol. The number of Topliss-reactive ketones (excluding diaryl/α,β-unsaturated/α-hetero) is 1. The van der Waals surface area contributed by atoms with Crippen molar-refractivity contribution >= 4 is 35.2 Å². The van der Waals surface area contributed by atoms with Crippen LogP contribution in [-0.2, 0) is 9.47 Å². The number of ketones is 1. The molecule has 1 aliphatic rings. The number of fused-ring (bicyclic) bond motifs is 1. The van der Waals surface area contributed by atoms with Crippen LogP contribution in [0.25, 0.3) is 0 Å². The first-order chi connectivity index (χ1) is 16.7. The van der Waals surface area contributed by atoms with Gasteiger partial charge in [0.05, 0.1) is 35.1 Å². The van der Waals surface area contributed by atoms with Gasteiger partial charge in [-0.2, -0.15) is 0 Å². The molecule has 1 heterocycles. The molecular formula is C27H21NO7. The second-order valence-corrected chi connectivity index (χ2v) is 8.02. The van der Waals surface area contributed by atoms with Gasteiger partial charge in [0.1, 0.15) is 0 Å². The largest absolute Gasteiger partial charge is 0.465 e. The number of esters is 2. The van der Waals surface area contributed by atoms with Crippen LogP contribution < -0.4 is 4.90 Å². The predicted octanol–water partition coefficient (Wildman–Crippen LogP) is 4.01. The Hall–Kier alpha value is -4.59. The molecule has 0 saturated heterocycles. The first-order valence-corrected chi connectivity index (χ1v) is 10.7. The van der Waals surface area contributed by atoms with Crippen molar-refractivity contribution in [1.82, 2.24) is 0 Å². The summed E-state index contributed by atoms with van der Waals surface area (Å²) >= 11 is 0. The number of rotatable bonds is 6. The van der Waals surface area contributed by atoms with Gasteiger partial charge in [-0.15, -0.1) is 0 Å². The topological polar surface area (TPSA) is 107 Å². The summed E-state index contributed by atoms with van der Waals surface area (Å²) in [4.78, 5) is 63.7. The molecule has 4 rings (SSSR count). The van der Waals surface area contributed by atoms with E-state index in [1.165, 1.54) is 56.5 Å². The van der Waals surface area contributed by atoms with Crippen LogP contribution in [0.15, 0.2) is 66.7 Å². The number of carbonyl (C=O) groups is 5. The van der Waals surface area contributed by atoms with Crippen LogP contribution in [0.3, 0.4) is 0 Å². The molecule has 0 aromatic heterocycles. The molecule has 3 aromatic rings. The summed E-state index contributed by atoms with van der Waals surface area (Å²) in [5, 5.41) is 0. The van der Waals surface area contributed by atoms with E-state index in [1.54, 1.807) is 24.3 Å². The Morgan fingerprint density at radius 3 is 1.94 bits per heavy atom. The molecule has 8 heteroatoms. The minimum absolute atomic E-state index is 0.0383. The summed E-state index contributed by atoms with van der Waals surface area (Å²) in [7, 11) is 1.25. The standard InChI is InChI=1S/C27H21NO7/c1-15-4-6-17(7-5-15)23(29)16(2)35-27(33)19-10-13-21-22(14-19)25(31)28(24(21)30)20-11-8-18(9-12-20)26(32)34-3/h4-14,16H,1-3H3/t16-/m0/s1. The van der Waals surface area contributed by atoms with Gasteiger partial charge in [0, 0.05) is 5.56 Å². The number of amides is 2. The molecule has 0 spiro atoms. The van der Waals surface area contributed by atoms with Gasteiger partial charge in [0.25, 0.3) is 11.8 Å². The Kier molecular flexibility index (Phi) is 6.29. The highest BCUT2D eigenvalue weighted by molar-refractivity contribution is 6.34. The first kappa shape index (κ1) is 23.6. The van der Waals surface area contributed by atoms with Crippen LogP contribution in [0.5, 0.6) is 0 Å². The van der Waals surface area contributed by atoms with Gasteiger partial charge in [0.15, 0.2) is 6.10 Å². The SMILES string of the molecule is COC(=O)c1ccc(N2C(=O)c3ccc(C(=O)O[C@@H](C)C(=O)c4ccc(C)cc4)cc3C2=O)cc1. The van der Waals surface area contributed by atoms with Gasteiger partial charge in [-0.05, 0) is 56.3 Å². The van der Waals surface area contributed by atoms with E-state index in [-0.39, 0.29) is 33.7 Å². The maximum atomic E-state index is 13.0. The molecule has 3 aromatic carbocycles. The van der Waals surface area contributed by atoms with Gasteiger partial charge < -0.3 is 9.47 Å². The van der Waals surface area contributed by atoms with E-state index in [0.717, 1.165) is 10.5 Å². The minimum atomic E-state index is -1.04. The highest BCUT2D eigenvalue weighted by Crippen LogP contribution is 2.29. The van der Waals surface area contributed by atoms with E-state index in [2.05, 4.69) is 4.74 Å². The summed E-state index contributed by atoms with van der Waals surface area (Å²) in [5.74, 6) is -2.86. The third-order valence-corrected chi connectivity index (χ3v) is 5.66. The van der Waals surface area contributed by atoms with Crippen molar-refractivity contribution < 1.29 is 33.4 Å². The molecule has 8 nitrogen and oxygen atoms in total. The van der Waals surface area contributed by atoms with Gasteiger partial charge >= 0.3 is 11.9 Å². The van der Waals surface area contributed by atoms with Gasteiger partial charge in [-0.3, -0.25) is 14.4 Å². The summed E-state index contributed by atoms with van der Waals surface area (Å²) in [6, 6.07) is 16.7. The zero-order valence-corrected chi connectivity index (χ0v) is 19.2. The molecule has 2 amide bonds. The smallest absolute Gasteiger partial charge is 0.338 e. The average molecular weight is 471 g/mol. The van der Waals surface area contributed by atoms with E-state index in [4.69, 9.17) is 4.74 Å². The predicted molar refractivity (Wildman–Crippen MR) is 126 cm³/mol. The number of hydrogen-bond acceptors (Lipinski definition) is 7. The van der Waals surface area contributed by atoms with Crippen molar-refractivity contribution in [1.29, 1.82) is 0 Å². The molecule has 0 saturated carbocycles. The van der Waals surface area contributed by atoms with Crippen LogP contribution in [0.4, 0.5) is 5.69 Å². The summed E-state index contributed by atoms with van der Waals surface area (Å²) in [6.45, 7) is 3.37. The molecule has 1 atom stereocenters. The van der Waals surface area contributed by atoms with Crippen LogP contribution in [0, 0.1) is 6.92 Å². The number of hydrogen-bond donors (Lipinski definition) is 0. The van der Waals surface area contributed by atoms with Crippen molar-refractivity contribution in [2.75, 3.05) is 12.0 Å². The Bertz CT molecular complexity index is 1360. The fraction of sp³-hybridized carbons (Fsp3) is 0.148. The van der Waals surface area contributed by atoms with Crippen LogP contribution in [0.2, 0.25) is 0 Å². The number of carbonyl (C=O) groups excluding carboxylic acids is 5. The monoisotopic (exact) mass is 471 g/mol. The molecule has 35 heavy (non-hydrogen) atoms. The molecule has 176 valence electrons. The third kappa shape index (κ3) is 4.46. The number of benzene rings is 3. The summed E-state index contributed by atoms with van der Waals surface area (Å²) < 4.78 is 9.97. The lowest BCUT2D eigenvalue weighted by molar-refractivity contribution is 0.0318. The van der Waals surface area contributed by atoms with Gasteiger partial charge in [0.2, 0.25) is 5.78 Å². The number of anilines is 1. The Morgan fingerprint density at radius 1 is 0.743 bits per heavy atom. The highest BCUT2D eigenvalue weighted by Gasteiger charge is 2.37. The number of ether oxygens (including phenoxy) is 2. The highest BCUT2D eigenvalue weighted by atomic mass is 16.5. The molecule has 0 aliphatic carbocycles. The summed E-state index contributed by atoms with van der Waals surface area (Å²) in [5.41, 5.74) is 2.16. The molecule has 0 bridgehead atoms. The second kappa shape index (κ2) is 9.34. The molecule has 0 N–H and O–H groups in total. The lowest BCUT2D eigenvalue weighted by atomic mass is 10.0. The number of aryl methyl sites for hydroxylation is 1. The van der Waals surface area contributed by atoms with E-state index in [1.807, 2.05) is 6.92 Å². The number of imide groups is 1. The zero-order valence-electron chi connectivity index (χ0n) is 19.2. The molecule has 1 aliphatic heterocycles. The van der Waals surface area contributed by atoms with Crippen LogP contribution in [0.1, 0.15) is 64.3 Å². The molecule has 0 radical (unpaired) electrons. The summed E-state index contributed by atoms with van der Waals surface area (Å²) in [6.07, 6.45) is -1.04. The van der Waals surface area contributed by atoms with E-state index < -0.39 is 29.9 Å². The van der Waals surface area contributed by atoms with E-state index in [0.29, 0.717) is 5.56 Å². The molecule has 0 fully saturated rings. The fourth-order valence-electron chi connectivity index (χ4n) is 3.70. The molecule has 0 unspecified atom stereocenters. The first-order valence-electron chi connectivity index (χ1n) is 10.7. The van der Waals surface area contributed by atoms with Gasteiger partial charge in [-0.25, -0.2) is 14.5 Å². The second-order valence-electron chi connectivity index (χ2n) is 8.02. The van der Waals surface area contributed by atoms with Crippen molar-refractivity contribution in [3.05, 3.63) is 100 Å². The fourth-order valence-corrected chi connectivity index (χ4v) is 3.70. The minimum Gasteiger partial charge on any atom is -0.465 e. The quantitative estimate of drug-likeness (QED) is 0.304. The normalized spacial score (nSPS) is 13.3.